The molecule has 10 heteroatoms. The predicted molar refractivity (Wildman–Crippen MR) is 121 cm³/mol. The lowest BCUT2D eigenvalue weighted by Crippen LogP contribution is -2.29. The van der Waals surface area contributed by atoms with Crippen LogP contribution in [-0.4, -0.2) is 52.2 Å². The van der Waals surface area contributed by atoms with E-state index in [0.29, 0.717) is 24.7 Å². The van der Waals surface area contributed by atoms with Gasteiger partial charge in [-0.05, 0) is 63.3 Å². The minimum Gasteiger partial charge on any atom is -0.448 e. The second-order valence-electron chi connectivity index (χ2n) is 8.97. The summed E-state index contributed by atoms with van der Waals surface area (Å²) in [5.74, 6) is 0.856. The third kappa shape index (κ3) is 4.68. The number of rotatable bonds is 5. The molecular weight excluding hydrogens is 447 g/mol. The fourth-order valence-electron chi connectivity index (χ4n) is 4.52. The normalized spacial score (nSPS) is 18.9. The summed E-state index contributed by atoms with van der Waals surface area (Å²) >= 11 is 0. The number of nitrogens with zero attached hydrogens (tertiary/aromatic N) is 5. The molecule has 1 unspecified atom stereocenters. The van der Waals surface area contributed by atoms with Crippen LogP contribution in [0.3, 0.4) is 0 Å². The van der Waals surface area contributed by atoms with Gasteiger partial charge in [0.2, 0.25) is 0 Å². The summed E-state index contributed by atoms with van der Waals surface area (Å²) < 4.78 is 52.9. The maximum absolute atomic E-state index is 13.6. The van der Waals surface area contributed by atoms with E-state index in [-0.39, 0.29) is 23.3 Å². The minimum atomic E-state index is -4.48. The van der Waals surface area contributed by atoms with E-state index in [1.165, 1.54) is 25.5 Å². The number of piperidine rings is 1. The molecule has 7 nitrogen and oxygen atoms in total. The quantitative estimate of drug-likeness (QED) is 0.478. The van der Waals surface area contributed by atoms with Gasteiger partial charge in [-0.15, -0.1) is 5.10 Å². The lowest BCUT2D eigenvalue weighted by atomic mass is 10.0. The molecule has 0 radical (unpaired) electrons. The Bertz CT molecular complexity index is 1100. The molecule has 2 fully saturated rings. The molecular formula is C24H28F3N5O2. The zero-order valence-electron chi connectivity index (χ0n) is 19.1. The minimum absolute atomic E-state index is 0.0435. The van der Waals surface area contributed by atoms with Crippen molar-refractivity contribution in [1.29, 1.82) is 0 Å². The van der Waals surface area contributed by atoms with Gasteiger partial charge in [0.15, 0.2) is 17.5 Å². The molecule has 5 rings (SSSR count). The Morgan fingerprint density at radius 1 is 1.00 bits per heavy atom. The molecule has 2 aliphatic heterocycles. The van der Waals surface area contributed by atoms with E-state index >= 15 is 0 Å². The third-order valence-corrected chi connectivity index (χ3v) is 6.64. The van der Waals surface area contributed by atoms with Gasteiger partial charge < -0.3 is 14.1 Å². The fourth-order valence-corrected chi connectivity index (χ4v) is 4.52. The van der Waals surface area contributed by atoms with E-state index in [2.05, 4.69) is 20.0 Å². The largest absolute Gasteiger partial charge is 0.448 e. The second kappa shape index (κ2) is 9.40. The summed E-state index contributed by atoms with van der Waals surface area (Å²) in [7, 11) is 0. The molecule has 0 N–H and O–H groups in total. The zero-order chi connectivity index (χ0) is 23.7. The highest BCUT2D eigenvalue weighted by Crippen LogP contribution is 2.35. The topological polar surface area (TPSA) is 69.2 Å². The molecule has 3 aromatic rings. The average molecular weight is 476 g/mol. The fraction of sp³-hybridized carbons (Fsp3) is 0.542. The van der Waals surface area contributed by atoms with Crippen LogP contribution in [0.1, 0.15) is 56.9 Å². The number of aromatic nitrogens is 4. The molecule has 4 heterocycles. The van der Waals surface area contributed by atoms with Crippen LogP contribution in [-0.2, 0) is 4.74 Å². The van der Waals surface area contributed by atoms with E-state index in [1.54, 1.807) is 0 Å². The van der Waals surface area contributed by atoms with Gasteiger partial charge in [-0.2, -0.15) is 13.2 Å². The first-order chi connectivity index (χ1) is 16.4. The molecule has 0 aliphatic carbocycles. The summed E-state index contributed by atoms with van der Waals surface area (Å²) in [6.07, 6.45) is 2.00. The number of alkyl halides is 3. The van der Waals surface area contributed by atoms with Crippen molar-refractivity contribution in [3.63, 3.8) is 0 Å². The van der Waals surface area contributed by atoms with Gasteiger partial charge in [0.05, 0.1) is 0 Å². The average Bonchev–Trinajstić information content (AvgIpc) is 3.52. The Kier molecular flexibility index (Phi) is 6.33. The Hall–Kier alpha value is -2.88. The van der Waals surface area contributed by atoms with Crippen molar-refractivity contribution in [2.45, 2.75) is 57.2 Å². The highest BCUT2D eigenvalue weighted by Gasteiger charge is 2.40. The Morgan fingerprint density at radius 2 is 1.71 bits per heavy atom. The maximum atomic E-state index is 13.6. The van der Waals surface area contributed by atoms with Gasteiger partial charge in [-0.1, -0.05) is 0 Å². The second-order valence-corrected chi connectivity index (χ2v) is 8.97. The molecule has 1 atom stereocenters. The van der Waals surface area contributed by atoms with E-state index in [9.17, 15) is 13.2 Å². The summed E-state index contributed by atoms with van der Waals surface area (Å²) in [5, 5.41) is 4.26. The SMILES string of the molecule is CC(n1nc(-c2ccc(N3CCCCC3)cc2)nc1-c1coc(C2CCOCC2)n1)C(F)(F)F. The molecule has 0 saturated carbocycles. The van der Waals surface area contributed by atoms with E-state index in [4.69, 9.17) is 9.15 Å². The first-order valence-electron chi connectivity index (χ1n) is 11.8. The Balaban J connectivity index is 1.47. The van der Waals surface area contributed by atoms with Gasteiger partial charge in [0.25, 0.3) is 0 Å². The first-order valence-corrected chi connectivity index (χ1v) is 11.8. The predicted octanol–water partition coefficient (Wildman–Crippen LogP) is 5.61. The highest BCUT2D eigenvalue weighted by atomic mass is 19.4. The summed E-state index contributed by atoms with van der Waals surface area (Å²) in [6, 6.07) is 5.82. The van der Waals surface area contributed by atoms with Crippen LogP contribution < -0.4 is 4.90 Å². The van der Waals surface area contributed by atoms with Gasteiger partial charge in [0.1, 0.15) is 18.0 Å². The van der Waals surface area contributed by atoms with E-state index < -0.39 is 12.2 Å². The molecule has 2 aromatic heterocycles. The van der Waals surface area contributed by atoms with Crippen LogP contribution in [0.2, 0.25) is 0 Å². The number of halogens is 3. The van der Waals surface area contributed by atoms with Crippen LogP contribution in [0.15, 0.2) is 34.9 Å². The third-order valence-electron chi connectivity index (χ3n) is 6.64. The summed E-state index contributed by atoms with van der Waals surface area (Å²) in [6.45, 7) is 4.32. The molecule has 2 saturated heterocycles. The van der Waals surface area contributed by atoms with Crippen LogP contribution >= 0.6 is 0 Å². The van der Waals surface area contributed by atoms with Crippen molar-refractivity contribution in [3.8, 4) is 22.9 Å². The zero-order valence-corrected chi connectivity index (χ0v) is 19.1. The van der Waals surface area contributed by atoms with E-state index in [1.807, 2.05) is 24.3 Å². The molecule has 0 bridgehead atoms. The molecule has 34 heavy (non-hydrogen) atoms. The van der Waals surface area contributed by atoms with Crippen LogP contribution in [0.4, 0.5) is 18.9 Å². The Morgan fingerprint density at radius 3 is 2.38 bits per heavy atom. The number of hydrogen-bond acceptors (Lipinski definition) is 6. The van der Waals surface area contributed by atoms with Gasteiger partial charge in [0, 0.05) is 43.5 Å². The molecule has 2 aliphatic rings. The molecule has 1 aromatic carbocycles. The molecule has 0 spiro atoms. The monoisotopic (exact) mass is 475 g/mol. The van der Waals surface area contributed by atoms with Gasteiger partial charge in [-0.3, -0.25) is 0 Å². The van der Waals surface area contributed by atoms with Crippen molar-refractivity contribution in [1.82, 2.24) is 19.7 Å². The lowest BCUT2D eigenvalue weighted by molar-refractivity contribution is -0.165. The first kappa shape index (κ1) is 22.9. The van der Waals surface area contributed by atoms with Crippen LogP contribution in [0.5, 0.6) is 0 Å². The lowest BCUT2D eigenvalue weighted by Gasteiger charge is -2.28. The summed E-state index contributed by atoms with van der Waals surface area (Å²) in [4.78, 5) is 11.3. The van der Waals surface area contributed by atoms with Gasteiger partial charge >= 0.3 is 6.18 Å². The number of anilines is 1. The van der Waals surface area contributed by atoms with Crippen molar-refractivity contribution < 1.29 is 22.3 Å². The molecule has 182 valence electrons. The molecule has 0 amide bonds. The Labute approximate surface area is 195 Å². The van der Waals surface area contributed by atoms with Crippen molar-refractivity contribution in [3.05, 3.63) is 36.4 Å². The number of ether oxygens (including phenoxy) is 1. The van der Waals surface area contributed by atoms with E-state index in [0.717, 1.165) is 43.2 Å². The standard InChI is InChI=1S/C24H28F3N5O2/c1-16(24(25,26)27)32-22(20-15-34-23(28-20)18-9-13-33-14-10-18)29-21(30-32)17-5-7-19(8-6-17)31-11-3-2-4-12-31/h5-8,15-16,18H,2-4,9-14H2,1H3. The summed E-state index contributed by atoms with van der Waals surface area (Å²) in [5.41, 5.74) is 2.01. The van der Waals surface area contributed by atoms with Crippen LogP contribution in [0.25, 0.3) is 22.9 Å². The number of hydrogen-bond donors (Lipinski definition) is 0. The van der Waals surface area contributed by atoms with Crippen molar-refractivity contribution in [2.24, 2.45) is 0 Å². The van der Waals surface area contributed by atoms with Crippen LogP contribution in [0, 0.1) is 0 Å². The maximum Gasteiger partial charge on any atom is 0.410 e. The number of oxazole rings is 1. The number of benzene rings is 1. The van der Waals surface area contributed by atoms with Crippen molar-refractivity contribution >= 4 is 5.69 Å². The smallest absolute Gasteiger partial charge is 0.410 e. The van der Waals surface area contributed by atoms with Crippen molar-refractivity contribution in [2.75, 3.05) is 31.2 Å². The van der Waals surface area contributed by atoms with Gasteiger partial charge in [-0.25, -0.2) is 14.6 Å². The highest BCUT2D eigenvalue weighted by molar-refractivity contribution is 5.63.